The second kappa shape index (κ2) is 5.15. The van der Waals surface area contributed by atoms with E-state index in [4.69, 9.17) is 0 Å². The Hall–Kier alpha value is -1.93. The largest absolute Gasteiger partial charge is 0.389 e. The number of fused-ring (bicyclic) bond motifs is 1. The van der Waals surface area contributed by atoms with Gasteiger partial charge in [0, 0.05) is 13.0 Å². The maximum atomic E-state index is 11.9. The summed E-state index contributed by atoms with van der Waals surface area (Å²) in [5.74, 6) is 0.529. The molecule has 0 bridgehead atoms. The monoisotopic (exact) mass is 260 g/mol. The van der Waals surface area contributed by atoms with Crippen LogP contribution in [0.4, 0.5) is 19.0 Å². The number of aromatic nitrogens is 5. The maximum Gasteiger partial charge on any atom is 0.389 e. The third kappa shape index (κ3) is 3.54. The van der Waals surface area contributed by atoms with Gasteiger partial charge in [0.25, 0.3) is 0 Å². The van der Waals surface area contributed by atoms with Crippen molar-refractivity contribution in [2.24, 2.45) is 0 Å². The number of rotatable bonds is 5. The predicted octanol–water partition coefficient (Wildman–Crippen LogP) is 1.66. The highest BCUT2D eigenvalue weighted by Gasteiger charge is 2.25. The zero-order chi connectivity index (χ0) is 13.0. The summed E-state index contributed by atoms with van der Waals surface area (Å²) in [7, 11) is 0. The van der Waals surface area contributed by atoms with E-state index in [0.29, 0.717) is 24.4 Å². The molecule has 98 valence electrons. The summed E-state index contributed by atoms with van der Waals surface area (Å²) >= 11 is 0. The van der Waals surface area contributed by atoms with Gasteiger partial charge in [-0.1, -0.05) is 0 Å². The first-order chi connectivity index (χ1) is 8.54. The smallest absolute Gasteiger partial charge is 0.369 e. The van der Waals surface area contributed by atoms with E-state index in [1.807, 2.05) is 0 Å². The first-order valence-electron chi connectivity index (χ1n) is 5.41. The molecule has 0 fully saturated rings. The average Bonchev–Trinajstić information content (AvgIpc) is 2.74. The Labute approximate surface area is 100 Å². The molecule has 0 aliphatic rings. The molecule has 9 heteroatoms. The van der Waals surface area contributed by atoms with Crippen LogP contribution in [0.15, 0.2) is 12.1 Å². The molecular formula is C9H11F3N6. The average molecular weight is 260 g/mol. The third-order valence-electron chi connectivity index (χ3n) is 2.26. The lowest BCUT2D eigenvalue weighted by molar-refractivity contribution is -0.135. The summed E-state index contributed by atoms with van der Waals surface area (Å²) in [6, 6.07) is 3.35. The number of anilines is 1. The van der Waals surface area contributed by atoms with Crippen LogP contribution in [0, 0.1) is 0 Å². The second-order valence-electron chi connectivity index (χ2n) is 3.74. The lowest BCUT2D eigenvalue weighted by Gasteiger charge is -2.07. The van der Waals surface area contributed by atoms with E-state index < -0.39 is 12.6 Å². The van der Waals surface area contributed by atoms with Gasteiger partial charge in [0.1, 0.15) is 5.82 Å². The number of unbranched alkanes of at least 4 members (excludes halogenated alkanes) is 1. The van der Waals surface area contributed by atoms with Crippen molar-refractivity contribution >= 4 is 11.5 Å². The van der Waals surface area contributed by atoms with Crippen molar-refractivity contribution in [2.45, 2.75) is 25.4 Å². The van der Waals surface area contributed by atoms with Crippen LogP contribution in [-0.2, 0) is 0 Å². The van der Waals surface area contributed by atoms with E-state index in [0.717, 1.165) is 0 Å². The van der Waals surface area contributed by atoms with Crippen LogP contribution in [0.2, 0.25) is 0 Å². The Morgan fingerprint density at radius 1 is 1.22 bits per heavy atom. The summed E-state index contributed by atoms with van der Waals surface area (Å²) in [4.78, 5) is 0. The van der Waals surface area contributed by atoms with Gasteiger partial charge in [0.05, 0.1) is 0 Å². The molecule has 18 heavy (non-hydrogen) atoms. The summed E-state index contributed by atoms with van der Waals surface area (Å²) in [5.41, 5.74) is 0.512. The lowest BCUT2D eigenvalue weighted by Crippen LogP contribution is -2.10. The number of hydrogen-bond donors (Lipinski definition) is 1. The van der Waals surface area contributed by atoms with Crippen molar-refractivity contribution in [3.63, 3.8) is 0 Å². The fourth-order valence-electron chi connectivity index (χ4n) is 1.41. The number of alkyl halides is 3. The molecule has 0 saturated heterocycles. The third-order valence-corrected chi connectivity index (χ3v) is 2.26. The van der Waals surface area contributed by atoms with Gasteiger partial charge in [-0.15, -0.1) is 14.8 Å². The molecule has 0 aliphatic carbocycles. The van der Waals surface area contributed by atoms with Gasteiger partial charge in [0.15, 0.2) is 5.65 Å². The molecule has 6 nitrogen and oxygen atoms in total. The molecule has 1 N–H and O–H groups in total. The fraction of sp³-hybridized carbons (Fsp3) is 0.556. The van der Waals surface area contributed by atoms with Crippen LogP contribution < -0.4 is 5.32 Å². The lowest BCUT2D eigenvalue weighted by atomic mass is 10.2. The van der Waals surface area contributed by atoms with Crippen molar-refractivity contribution in [3.05, 3.63) is 12.1 Å². The fourth-order valence-corrected chi connectivity index (χ4v) is 1.41. The van der Waals surface area contributed by atoms with Gasteiger partial charge in [-0.2, -0.15) is 13.2 Å². The molecule has 0 spiro atoms. The number of nitrogens with one attached hydrogen (secondary N) is 1. The molecule has 2 aromatic heterocycles. The highest BCUT2D eigenvalue weighted by atomic mass is 19.4. The minimum Gasteiger partial charge on any atom is -0.369 e. The van der Waals surface area contributed by atoms with Crippen LogP contribution >= 0.6 is 0 Å². The predicted molar refractivity (Wildman–Crippen MR) is 57.0 cm³/mol. The van der Waals surface area contributed by atoms with Gasteiger partial charge in [0.2, 0.25) is 0 Å². The van der Waals surface area contributed by atoms with Gasteiger partial charge >= 0.3 is 6.18 Å². The molecule has 0 atom stereocenters. The van der Waals surface area contributed by atoms with E-state index in [9.17, 15) is 13.2 Å². The molecular weight excluding hydrogens is 249 g/mol. The van der Waals surface area contributed by atoms with Gasteiger partial charge in [-0.25, -0.2) is 0 Å². The van der Waals surface area contributed by atoms with Crippen molar-refractivity contribution in [1.82, 2.24) is 25.3 Å². The van der Waals surface area contributed by atoms with Crippen molar-refractivity contribution in [3.8, 4) is 0 Å². The standard InChI is InChI=1S/C9H11F3N6/c10-9(11,12)5-1-2-6-13-7-3-4-8-14-16-17-18(8)15-7/h3-4H,1-2,5-6H2,(H,13,15). The molecule has 2 heterocycles. The molecule has 0 aromatic carbocycles. The molecule has 0 aliphatic heterocycles. The van der Waals surface area contributed by atoms with Gasteiger partial charge in [-0.3, -0.25) is 0 Å². The second-order valence-corrected chi connectivity index (χ2v) is 3.74. The van der Waals surface area contributed by atoms with Crippen LogP contribution in [0.3, 0.4) is 0 Å². The van der Waals surface area contributed by atoms with Crippen LogP contribution in [0.1, 0.15) is 19.3 Å². The van der Waals surface area contributed by atoms with Crippen LogP contribution in [0.25, 0.3) is 5.65 Å². The SMILES string of the molecule is FC(F)(F)CCCCNc1ccc2nnnn2n1. The minimum atomic E-state index is -4.08. The first kappa shape index (κ1) is 12.5. The highest BCUT2D eigenvalue weighted by molar-refractivity contribution is 5.41. The Kier molecular flexibility index (Phi) is 3.58. The molecule has 0 radical (unpaired) electrons. The number of hydrogen-bond acceptors (Lipinski definition) is 5. The van der Waals surface area contributed by atoms with Crippen LogP contribution in [0.5, 0.6) is 0 Å². The Balaban J connectivity index is 1.76. The summed E-state index contributed by atoms with van der Waals surface area (Å²) in [5, 5.41) is 17.7. The van der Waals surface area contributed by atoms with Crippen LogP contribution in [-0.4, -0.2) is 38.0 Å². The van der Waals surface area contributed by atoms with Crippen molar-refractivity contribution in [1.29, 1.82) is 0 Å². The minimum absolute atomic E-state index is 0.101. The van der Waals surface area contributed by atoms with Gasteiger partial charge < -0.3 is 5.32 Å². The topological polar surface area (TPSA) is 68.0 Å². The zero-order valence-corrected chi connectivity index (χ0v) is 9.35. The molecule has 2 rings (SSSR count). The Bertz CT molecular complexity index is 508. The molecule has 2 aromatic rings. The summed E-state index contributed by atoms with van der Waals surface area (Å²) in [6.45, 7) is 0.427. The zero-order valence-electron chi connectivity index (χ0n) is 9.35. The number of nitrogens with zero attached hydrogens (tertiary/aromatic N) is 5. The highest BCUT2D eigenvalue weighted by Crippen LogP contribution is 2.22. The van der Waals surface area contributed by atoms with E-state index in [1.54, 1.807) is 12.1 Å². The molecule has 0 amide bonds. The van der Waals surface area contributed by atoms with Crippen molar-refractivity contribution in [2.75, 3.05) is 11.9 Å². The first-order valence-corrected chi connectivity index (χ1v) is 5.41. The number of halogens is 3. The Morgan fingerprint density at radius 3 is 2.83 bits per heavy atom. The number of tetrazole rings is 1. The Morgan fingerprint density at radius 2 is 2.06 bits per heavy atom. The summed E-state index contributed by atoms with van der Waals surface area (Å²) in [6.07, 6.45) is -4.31. The summed E-state index contributed by atoms with van der Waals surface area (Å²) < 4.78 is 36.9. The van der Waals surface area contributed by atoms with E-state index in [1.165, 1.54) is 4.63 Å². The maximum absolute atomic E-state index is 11.9. The molecule has 0 unspecified atom stereocenters. The molecule has 0 saturated carbocycles. The van der Waals surface area contributed by atoms with Crippen molar-refractivity contribution < 1.29 is 13.2 Å². The van der Waals surface area contributed by atoms with E-state index in [-0.39, 0.29) is 6.42 Å². The van der Waals surface area contributed by atoms with Gasteiger partial charge in [-0.05, 0) is 35.4 Å². The van der Waals surface area contributed by atoms with E-state index in [2.05, 4.69) is 25.9 Å². The normalized spacial score (nSPS) is 11.9. The quantitative estimate of drug-likeness (QED) is 0.828. The van der Waals surface area contributed by atoms with E-state index >= 15 is 0 Å².